The molecule has 0 spiro atoms. The third-order valence-corrected chi connectivity index (χ3v) is 15.7. The second-order valence-electron chi connectivity index (χ2n) is 20.9. The van der Waals surface area contributed by atoms with E-state index in [2.05, 4.69) is 26.7 Å². The first-order chi connectivity index (χ1) is 45.1. The third kappa shape index (κ3) is 39.9. The monoisotopic (exact) mass is 1680 g/mol. The molecule has 0 aliphatic heterocycles. The van der Waals surface area contributed by atoms with Crippen molar-refractivity contribution in [3.63, 3.8) is 0 Å². The smallest absolute Gasteiger partial charge is 0.506 e. The minimum atomic E-state index is -5.84. The van der Waals surface area contributed by atoms with Gasteiger partial charge in [-0.3, -0.25) is 24.0 Å². The summed E-state index contributed by atoms with van der Waals surface area (Å²) in [6.07, 6.45) is 6.81. The first-order valence-corrected chi connectivity index (χ1v) is 33.4. The minimum Gasteiger partial charge on any atom is -0.506 e. The molecule has 2 amide bonds. The number of unbranched alkanes of at least 4 members (excludes halogenated alkanes) is 3. The molecule has 6 rings (SSSR count). The number of aldehydes is 5. The highest BCUT2D eigenvalue weighted by molar-refractivity contribution is 7.88. The number of nitrogens with one attached hydrogen (secondary N) is 2. The van der Waals surface area contributed by atoms with E-state index < -0.39 is 49.8 Å². The van der Waals surface area contributed by atoms with Gasteiger partial charge in [0.2, 0.25) is 0 Å². The molecule has 563 valence electrons. The number of rotatable bonds is 18. The van der Waals surface area contributed by atoms with E-state index in [4.69, 9.17) is 163 Å². The highest BCUT2D eigenvalue weighted by atomic mass is 35.5. The largest absolute Gasteiger partial charge is 0.534 e. The summed E-state index contributed by atoms with van der Waals surface area (Å²) in [4.78, 5) is 75.5. The van der Waals surface area contributed by atoms with Gasteiger partial charge in [0.15, 0.2) is 37.2 Å². The van der Waals surface area contributed by atoms with Gasteiger partial charge in [0.05, 0.1) is 64.4 Å². The van der Waals surface area contributed by atoms with Crippen LogP contribution in [0.4, 0.5) is 22.8 Å². The summed E-state index contributed by atoms with van der Waals surface area (Å²) in [7, 11) is -2.80. The number of hydrogen-bond acceptors (Lipinski definition) is 15. The van der Waals surface area contributed by atoms with E-state index in [1.807, 2.05) is 41.5 Å². The molecule has 0 saturated carbocycles. The maximum absolute atomic E-state index is 12.1. The van der Waals surface area contributed by atoms with Crippen LogP contribution in [-0.2, 0) is 26.0 Å². The topological polar surface area (TPSA) is 244 Å². The Morgan fingerprint density at radius 2 is 0.863 bits per heavy atom. The molecule has 0 aliphatic rings. The van der Waals surface area contributed by atoms with Gasteiger partial charge in [0.25, 0.3) is 0 Å². The maximum atomic E-state index is 12.1. The molecular weight excluding hydrogens is 1610 g/mol. The van der Waals surface area contributed by atoms with E-state index in [0.29, 0.717) is 137 Å². The van der Waals surface area contributed by atoms with Gasteiger partial charge in [0.1, 0.15) is 28.5 Å². The zero-order valence-corrected chi connectivity index (χ0v) is 62.8. The highest BCUT2D eigenvalue weighted by Gasteiger charge is 2.49. The third-order valence-electron chi connectivity index (χ3n) is 11.0. The normalized spacial score (nSPS) is 10.1. The molecule has 0 aliphatic carbocycles. The van der Waals surface area contributed by atoms with E-state index in [-0.39, 0.29) is 70.1 Å². The second kappa shape index (κ2) is 51.4. The molecule has 0 atom stereocenters. The predicted molar refractivity (Wildman–Crippen MR) is 411 cm³/mol. The predicted octanol–water partition coefficient (Wildman–Crippen LogP) is 23.0. The van der Waals surface area contributed by atoms with Gasteiger partial charge in [-0.05, 0) is 127 Å². The summed E-state index contributed by atoms with van der Waals surface area (Å²) in [5, 5.41) is 17.5. The van der Waals surface area contributed by atoms with Crippen LogP contribution in [0, 0.1) is 11.8 Å². The minimum absolute atomic E-state index is 0. The van der Waals surface area contributed by atoms with Gasteiger partial charge in [0, 0.05) is 95.6 Å². The van der Waals surface area contributed by atoms with Crippen molar-refractivity contribution in [1.82, 2.24) is 10.6 Å². The van der Waals surface area contributed by atoms with E-state index >= 15 is 0 Å². The fourth-order valence-corrected chi connectivity index (χ4v) is 9.55. The number of halogens is 15. The lowest BCUT2D eigenvalue weighted by Gasteiger charge is -2.19. The van der Waals surface area contributed by atoms with Gasteiger partial charge in [-0.2, -0.15) is 21.6 Å². The van der Waals surface area contributed by atoms with Gasteiger partial charge in [-0.1, -0.05) is 187 Å². The van der Waals surface area contributed by atoms with Crippen LogP contribution in [0.1, 0.15) is 166 Å². The summed E-state index contributed by atoms with van der Waals surface area (Å²) >= 11 is 68.9. The molecule has 0 fully saturated rings. The van der Waals surface area contributed by atoms with Crippen LogP contribution in [0.2, 0.25) is 60.3 Å². The molecule has 6 aromatic carbocycles. The molecule has 0 aromatic heterocycles. The van der Waals surface area contributed by atoms with E-state index in [1.165, 1.54) is 37.4 Å². The first kappa shape index (κ1) is 105. The number of ether oxygens (including phenoxy) is 4. The lowest BCUT2D eigenvalue weighted by molar-refractivity contribution is -0.0500. The van der Waals surface area contributed by atoms with Gasteiger partial charge in [-0.25, -0.2) is 9.59 Å². The number of hydrogen-bond donors (Lipinski definition) is 3. The molecular formula is C68H77BCl12F3N2O15S. The fourth-order valence-electron chi connectivity index (χ4n) is 6.52. The molecule has 0 unspecified atom stereocenters. The fraction of sp³-hybridized carbons (Fsp3) is 0.338. The summed E-state index contributed by atoms with van der Waals surface area (Å²) in [5.41, 5.74) is -3.81. The summed E-state index contributed by atoms with van der Waals surface area (Å²) in [6, 6.07) is 18.6. The number of carbonyl (C=O) groups is 7. The molecule has 0 saturated heterocycles. The van der Waals surface area contributed by atoms with E-state index in [0.717, 1.165) is 37.3 Å². The van der Waals surface area contributed by atoms with Crippen LogP contribution < -0.4 is 24.3 Å². The van der Waals surface area contributed by atoms with Crippen molar-refractivity contribution in [2.45, 2.75) is 126 Å². The zero-order chi connectivity index (χ0) is 74.2. The van der Waals surface area contributed by atoms with E-state index in [9.17, 15) is 55.2 Å². The van der Waals surface area contributed by atoms with Crippen LogP contribution in [-0.4, -0.2) is 110 Å². The number of amides is 2. The number of alkyl halides is 3. The Morgan fingerprint density at radius 3 is 1.29 bits per heavy atom. The molecule has 34 heteroatoms. The van der Waals surface area contributed by atoms with Gasteiger partial charge in [-0.15, -0.1) is 0 Å². The Kier molecular flexibility index (Phi) is 52.9. The Hall–Kier alpha value is -5.75. The highest BCUT2D eigenvalue weighted by Crippen LogP contribution is 2.36. The number of aromatic hydroxyl groups is 1. The van der Waals surface area contributed by atoms with Crippen LogP contribution >= 0.6 is 139 Å². The molecule has 17 nitrogen and oxygen atoms in total. The number of benzene rings is 6. The standard InChI is InChI=1S/C17H23Cl2NO3.C17H19Cl2NO3.C8H3Cl2F3O4S.C8H6Cl2O2.C7H4Cl2O2.C7H6Cl2O.4CH4.B/c2*1-17(2,3)23-16(22)20-8-6-4-5-7-12-9-15(19)13(11-21)10-14(12)18;9-5-2-7(6(10)1-4(5)3-14)17-18(15,16)8(11,12)13;1-12-8-3-6(9)5(4-11)2-7(8)10;8-5-2-7(11)6(9)1-4(5)3-10;1-10-7-4-5(8)2-3-6(7)9;;;;;/h9-11H,4-8H2,1-3H3,(H,20,22);9-11H,4,6,8H2,1-3H3,(H,20,22);1-3H;2-4H,1H3;1-3,11H;2-4H,1H3;4*1H4;. The SMILES string of the molecule is C.C.C.C.CC(C)(C)OC(=O)NCCCC#Cc1cc(Cl)c(C=O)cc1Cl.CC(C)(C)OC(=O)NCCCCCc1cc(Cl)c(C=O)cc1Cl.COc1cc(Cl)c(C=O)cc1Cl.COc1cc(Cl)ccc1Cl.O=Cc1cc(Cl)c(O)cc1Cl.O=Cc1cc(Cl)c(OS(=O)(=O)C(F)(F)F)cc1Cl.[B]. The lowest BCUT2D eigenvalue weighted by atomic mass is 10.1. The molecule has 0 heterocycles. The van der Waals surface area contributed by atoms with Crippen molar-refractivity contribution < 1.29 is 83.4 Å². The number of phenolic OH excluding ortho intramolecular Hbond substituents is 1. The van der Waals surface area contributed by atoms with Crippen LogP contribution in [0.15, 0.2) is 78.9 Å². The Bertz CT molecular complexity index is 3890. The quantitative estimate of drug-likeness (QED) is 0.0181. The second-order valence-corrected chi connectivity index (χ2v) is 27.3. The van der Waals surface area contributed by atoms with Crippen LogP contribution in [0.25, 0.3) is 0 Å². The summed E-state index contributed by atoms with van der Waals surface area (Å²) < 4.78 is 81.5. The number of alkyl carbamates (subject to hydrolysis) is 2. The number of carbonyl (C=O) groups excluding carboxylic acids is 7. The van der Waals surface area contributed by atoms with Crippen molar-refractivity contribution in [1.29, 1.82) is 0 Å². The first-order valence-electron chi connectivity index (χ1n) is 27.5. The number of aryl methyl sites for hydroxylation is 1. The van der Waals surface area contributed by atoms with Crippen molar-refractivity contribution >= 4 is 201 Å². The van der Waals surface area contributed by atoms with Crippen molar-refractivity contribution in [2.75, 3.05) is 27.3 Å². The summed E-state index contributed by atoms with van der Waals surface area (Å²) in [5.74, 6) is 5.99. The van der Waals surface area contributed by atoms with Crippen molar-refractivity contribution in [2.24, 2.45) is 0 Å². The number of methoxy groups -OCH3 is 2. The zero-order valence-electron chi connectivity index (χ0n) is 52.9. The maximum Gasteiger partial charge on any atom is 0.534 e. The van der Waals surface area contributed by atoms with Crippen molar-refractivity contribution in [3.8, 4) is 34.8 Å². The average Bonchev–Trinajstić information content (AvgIpc) is 0.807. The van der Waals surface area contributed by atoms with Crippen LogP contribution in [0.3, 0.4) is 0 Å². The molecule has 3 N–H and O–H groups in total. The number of phenols is 1. The Labute approximate surface area is 656 Å². The molecule has 0 bridgehead atoms. The van der Waals surface area contributed by atoms with Crippen molar-refractivity contribution in [3.05, 3.63) is 178 Å². The molecule has 102 heavy (non-hydrogen) atoms. The Morgan fingerprint density at radius 1 is 0.480 bits per heavy atom. The van der Waals surface area contributed by atoms with Gasteiger partial charge < -0.3 is 38.9 Å². The summed E-state index contributed by atoms with van der Waals surface area (Å²) in [6.45, 7) is 12.0. The van der Waals surface area contributed by atoms with E-state index in [1.54, 1.807) is 43.5 Å². The molecule has 6 aromatic rings. The average molecular weight is 1690 g/mol. The molecule has 3 radical (unpaired) electrons. The van der Waals surface area contributed by atoms with Gasteiger partial charge >= 0.3 is 27.8 Å². The Balaban J connectivity index is -0.000000375. The lowest BCUT2D eigenvalue weighted by Crippen LogP contribution is -2.33. The van der Waals surface area contributed by atoms with Crippen LogP contribution in [0.5, 0.6) is 23.0 Å².